The molecular formula is C14H14ClN3O2. The smallest absolute Gasteiger partial charge is 0.271 e. The second kappa shape index (κ2) is 5.25. The lowest BCUT2D eigenvalue weighted by Gasteiger charge is -2.02. The van der Waals surface area contributed by atoms with E-state index in [2.05, 4.69) is 29.1 Å². The van der Waals surface area contributed by atoms with Crippen LogP contribution in [0.1, 0.15) is 32.3 Å². The van der Waals surface area contributed by atoms with E-state index in [-0.39, 0.29) is 6.10 Å². The standard InChI is InChI=1S/C14H14ClN3O2/c1-8(2)11-7-12(19-17-11)14-16-13(18-20-14)9-4-3-5-10(15)6-9/h3-6,8,12H,7H2,1-2H3. The van der Waals surface area contributed by atoms with Crippen LogP contribution in [0.5, 0.6) is 0 Å². The molecule has 1 aromatic heterocycles. The zero-order valence-electron chi connectivity index (χ0n) is 11.2. The Labute approximate surface area is 121 Å². The molecule has 0 bridgehead atoms. The number of rotatable bonds is 3. The number of oxime groups is 1. The molecule has 1 unspecified atom stereocenters. The van der Waals surface area contributed by atoms with Gasteiger partial charge in [-0.25, -0.2) is 0 Å². The molecular weight excluding hydrogens is 278 g/mol. The van der Waals surface area contributed by atoms with Gasteiger partial charge in [0.25, 0.3) is 5.89 Å². The fourth-order valence-corrected chi connectivity index (χ4v) is 2.17. The third-order valence-corrected chi connectivity index (χ3v) is 3.39. The summed E-state index contributed by atoms with van der Waals surface area (Å²) in [6.45, 7) is 4.16. The van der Waals surface area contributed by atoms with Crippen molar-refractivity contribution in [3.8, 4) is 11.4 Å². The Morgan fingerprint density at radius 2 is 2.20 bits per heavy atom. The maximum atomic E-state index is 5.95. The summed E-state index contributed by atoms with van der Waals surface area (Å²) in [6.07, 6.45) is 0.405. The van der Waals surface area contributed by atoms with Crippen molar-refractivity contribution in [3.63, 3.8) is 0 Å². The highest BCUT2D eigenvalue weighted by Crippen LogP contribution is 2.30. The van der Waals surface area contributed by atoms with Crippen LogP contribution in [-0.4, -0.2) is 15.9 Å². The average Bonchev–Trinajstić information content (AvgIpc) is 3.08. The van der Waals surface area contributed by atoms with Crippen LogP contribution in [0.4, 0.5) is 0 Å². The van der Waals surface area contributed by atoms with E-state index < -0.39 is 0 Å². The topological polar surface area (TPSA) is 60.5 Å². The van der Waals surface area contributed by atoms with E-state index >= 15 is 0 Å². The van der Waals surface area contributed by atoms with Gasteiger partial charge in [-0.1, -0.05) is 47.9 Å². The summed E-state index contributed by atoms with van der Waals surface area (Å²) in [5, 5.41) is 8.66. The summed E-state index contributed by atoms with van der Waals surface area (Å²) in [5.74, 6) is 1.30. The van der Waals surface area contributed by atoms with Gasteiger partial charge in [0.05, 0.1) is 5.71 Å². The van der Waals surface area contributed by atoms with Crippen molar-refractivity contribution < 1.29 is 9.36 Å². The van der Waals surface area contributed by atoms with Crippen LogP contribution in [-0.2, 0) is 4.84 Å². The molecule has 2 aromatic rings. The van der Waals surface area contributed by atoms with Crippen molar-refractivity contribution in [1.82, 2.24) is 10.1 Å². The van der Waals surface area contributed by atoms with Crippen LogP contribution in [0.25, 0.3) is 11.4 Å². The van der Waals surface area contributed by atoms with Gasteiger partial charge in [-0.05, 0) is 18.1 Å². The average molecular weight is 292 g/mol. The summed E-state index contributed by atoms with van der Waals surface area (Å²) in [6, 6.07) is 7.32. The summed E-state index contributed by atoms with van der Waals surface area (Å²) < 4.78 is 5.27. The van der Waals surface area contributed by atoms with Crippen molar-refractivity contribution in [2.45, 2.75) is 26.4 Å². The third-order valence-electron chi connectivity index (χ3n) is 3.16. The Morgan fingerprint density at radius 1 is 1.35 bits per heavy atom. The Morgan fingerprint density at radius 3 is 2.90 bits per heavy atom. The maximum Gasteiger partial charge on any atom is 0.271 e. The van der Waals surface area contributed by atoms with Gasteiger partial charge < -0.3 is 9.36 Å². The predicted octanol–water partition coefficient (Wildman–Crippen LogP) is 3.86. The Kier molecular flexibility index (Phi) is 3.44. The van der Waals surface area contributed by atoms with Crippen molar-refractivity contribution in [3.05, 3.63) is 35.2 Å². The van der Waals surface area contributed by atoms with Gasteiger partial charge in [0.15, 0.2) is 0 Å². The molecule has 1 aliphatic rings. The zero-order valence-corrected chi connectivity index (χ0v) is 12.0. The number of benzene rings is 1. The fourth-order valence-electron chi connectivity index (χ4n) is 1.98. The van der Waals surface area contributed by atoms with Gasteiger partial charge in [0.1, 0.15) is 0 Å². The van der Waals surface area contributed by atoms with Gasteiger partial charge in [-0.15, -0.1) is 0 Å². The van der Waals surface area contributed by atoms with E-state index in [4.69, 9.17) is 21.0 Å². The summed E-state index contributed by atoms with van der Waals surface area (Å²) in [7, 11) is 0. The summed E-state index contributed by atoms with van der Waals surface area (Å²) >= 11 is 5.95. The molecule has 0 saturated heterocycles. The minimum Gasteiger partial charge on any atom is -0.382 e. The molecule has 0 saturated carbocycles. The zero-order chi connectivity index (χ0) is 14.1. The first-order valence-electron chi connectivity index (χ1n) is 6.45. The molecule has 0 radical (unpaired) electrons. The Bertz CT molecular complexity index is 651. The SMILES string of the molecule is CC(C)C1=NOC(c2nc(-c3cccc(Cl)c3)no2)C1. The van der Waals surface area contributed by atoms with E-state index in [1.807, 2.05) is 12.1 Å². The lowest BCUT2D eigenvalue weighted by atomic mass is 10.0. The van der Waals surface area contributed by atoms with Crippen LogP contribution in [0.3, 0.4) is 0 Å². The molecule has 0 spiro atoms. The highest BCUT2D eigenvalue weighted by atomic mass is 35.5. The first kappa shape index (κ1) is 13.1. The predicted molar refractivity (Wildman–Crippen MR) is 75.5 cm³/mol. The number of hydrogen-bond donors (Lipinski definition) is 0. The van der Waals surface area contributed by atoms with Gasteiger partial charge in [0, 0.05) is 17.0 Å². The van der Waals surface area contributed by atoms with E-state index in [0.29, 0.717) is 29.1 Å². The Balaban J connectivity index is 1.79. The molecule has 20 heavy (non-hydrogen) atoms. The first-order chi connectivity index (χ1) is 9.63. The van der Waals surface area contributed by atoms with E-state index in [1.165, 1.54) is 0 Å². The van der Waals surface area contributed by atoms with Crippen molar-refractivity contribution in [1.29, 1.82) is 0 Å². The molecule has 3 rings (SSSR count). The quantitative estimate of drug-likeness (QED) is 0.861. The van der Waals surface area contributed by atoms with Crippen molar-refractivity contribution in [2.24, 2.45) is 11.1 Å². The molecule has 1 aromatic carbocycles. The van der Waals surface area contributed by atoms with Crippen molar-refractivity contribution >= 4 is 17.3 Å². The molecule has 1 atom stereocenters. The fraction of sp³-hybridized carbons (Fsp3) is 0.357. The molecule has 0 aliphatic carbocycles. The van der Waals surface area contributed by atoms with Crippen LogP contribution in [0.2, 0.25) is 5.02 Å². The minimum atomic E-state index is -0.284. The second-order valence-electron chi connectivity index (χ2n) is 5.00. The van der Waals surface area contributed by atoms with Crippen LogP contribution in [0.15, 0.2) is 33.9 Å². The Hall–Kier alpha value is -1.88. The minimum absolute atomic E-state index is 0.284. The molecule has 6 heteroatoms. The first-order valence-corrected chi connectivity index (χ1v) is 6.83. The van der Waals surface area contributed by atoms with Gasteiger partial charge in [-0.2, -0.15) is 4.98 Å². The largest absolute Gasteiger partial charge is 0.382 e. The second-order valence-corrected chi connectivity index (χ2v) is 5.44. The molecule has 1 aliphatic heterocycles. The van der Waals surface area contributed by atoms with E-state index in [9.17, 15) is 0 Å². The van der Waals surface area contributed by atoms with Crippen LogP contribution >= 0.6 is 11.6 Å². The normalized spacial score (nSPS) is 18.2. The monoisotopic (exact) mass is 291 g/mol. The number of aromatic nitrogens is 2. The lowest BCUT2D eigenvalue weighted by molar-refractivity contribution is 0.0599. The maximum absolute atomic E-state index is 5.95. The molecule has 0 fully saturated rings. The summed E-state index contributed by atoms with van der Waals surface area (Å²) in [4.78, 5) is 9.71. The van der Waals surface area contributed by atoms with Gasteiger partial charge in [-0.3, -0.25) is 0 Å². The van der Waals surface area contributed by atoms with Gasteiger partial charge >= 0.3 is 0 Å². The lowest BCUT2D eigenvalue weighted by Crippen LogP contribution is -2.06. The third kappa shape index (κ3) is 2.54. The molecule has 104 valence electrons. The van der Waals surface area contributed by atoms with E-state index in [1.54, 1.807) is 12.1 Å². The highest BCUT2D eigenvalue weighted by molar-refractivity contribution is 6.30. The highest BCUT2D eigenvalue weighted by Gasteiger charge is 2.29. The number of nitrogens with zero attached hydrogens (tertiary/aromatic N) is 3. The van der Waals surface area contributed by atoms with E-state index in [0.717, 1.165) is 11.3 Å². The molecule has 2 heterocycles. The molecule has 0 N–H and O–H groups in total. The molecule has 0 amide bonds. The van der Waals surface area contributed by atoms with Crippen LogP contribution < -0.4 is 0 Å². The van der Waals surface area contributed by atoms with Crippen molar-refractivity contribution in [2.75, 3.05) is 0 Å². The number of hydrogen-bond acceptors (Lipinski definition) is 5. The van der Waals surface area contributed by atoms with Crippen LogP contribution in [0, 0.1) is 5.92 Å². The molecule has 5 nitrogen and oxygen atoms in total. The summed E-state index contributed by atoms with van der Waals surface area (Å²) in [5.41, 5.74) is 1.83. The number of halogens is 1. The van der Waals surface area contributed by atoms with Gasteiger partial charge in [0.2, 0.25) is 11.9 Å².